The maximum atomic E-state index is 12.9. The summed E-state index contributed by atoms with van der Waals surface area (Å²) in [7, 11) is 0. The third-order valence-electron chi connectivity index (χ3n) is 3.18. The Bertz CT molecular complexity index is 625. The summed E-state index contributed by atoms with van der Waals surface area (Å²) in [6.45, 7) is 3.75. The minimum atomic E-state index is -0.286. The van der Waals surface area contributed by atoms with Gasteiger partial charge in [0, 0.05) is 10.5 Å². The van der Waals surface area contributed by atoms with Crippen LogP contribution in [0.3, 0.4) is 0 Å². The summed E-state index contributed by atoms with van der Waals surface area (Å²) in [5, 5.41) is 2.90. The van der Waals surface area contributed by atoms with Gasteiger partial charge in [-0.25, -0.2) is 4.39 Å². The monoisotopic (exact) mass is 289 g/mol. The molecule has 104 valence electrons. The molecule has 0 aromatic heterocycles. The zero-order valence-corrected chi connectivity index (χ0v) is 12.2. The summed E-state index contributed by atoms with van der Waals surface area (Å²) in [6.07, 6.45) is 0. The molecule has 2 rings (SSSR count). The smallest absolute Gasteiger partial charge is 0.252 e. The normalized spacial score (nSPS) is 12.0. The molecule has 4 heteroatoms. The van der Waals surface area contributed by atoms with Crippen molar-refractivity contribution in [3.8, 4) is 0 Å². The van der Waals surface area contributed by atoms with E-state index in [0.29, 0.717) is 5.56 Å². The number of aryl methyl sites for hydroxylation is 1. The average molecular weight is 289 g/mol. The zero-order chi connectivity index (χ0) is 14.7. The molecule has 0 aliphatic rings. The molecule has 2 aromatic rings. The Hall–Kier alpha value is -1.81. The molecule has 0 aliphatic carbocycles. The standard InChI is InChI=1S/C16H16FNOS/c1-10-3-8-14(20)9-15(10)16(19)18-11(2)12-4-6-13(17)7-5-12/h3-9,11,20H,1-2H3,(H,18,19). The van der Waals surface area contributed by atoms with Gasteiger partial charge in [0.1, 0.15) is 5.82 Å². The van der Waals surface area contributed by atoms with Crippen molar-refractivity contribution in [3.05, 3.63) is 65.0 Å². The molecule has 0 saturated heterocycles. The molecule has 0 heterocycles. The highest BCUT2D eigenvalue weighted by atomic mass is 32.1. The van der Waals surface area contributed by atoms with Gasteiger partial charge in [-0.1, -0.05) is 18.2 Å². The van der Waals surface area contributed by atoms with Gasteiger partial charge in [-0.3, -0.25) is 4.79 Å². The second-order valence-electron chi connectivity index (χ2n) is 4.75. The van der Waals surface area contributed by atoms with Crippen LogP contribution in [0.1, 0.15) is 34.5 Å². The third-order valence-corrected chi connectivity index (χ3v) is 3.46. The number of amides is 1. The maximum absolute atomic E-state index is 12.9. The van der Waals surface area contributed by atoms with Crippen LogP contribution in [0, 0.1) is 12.7 Å². The van der Waals surface area contributed by atoms with Crippen molar-refractivity contribution in [3.63, 3.8) is 0 Å². The first kappa shape index (κ1) is 14.6. The zero-order valence-electron chi connectivity index (χ0n) is 11.4. The van der Waals surface area contributed by atoms with Crippen molar-refractivity contribution in [1.82, 2.24) is 5.32 Å². The largest absolute Gasteiger partial charge is 0.346 e. The van der Waals surface area contributed by atoms with Gasteiger partial charge in [-0.2, -0.15) is 0 Å². The Morgan fingerprint density at radius 1 is 1.20 bits per heavy atom. The Labute approximate surface area is 123 Å². The fraction of sp³-hybridized carbons (Fsp3) is 0.188. The minimum Gasteiger partial charge on any atom is -0.346 e. The number of thiol groups is 1. The molecule has 0 saturated carbocycles. The molecular weight excluding hydrogens is 273 g/mol. The van der Waals surface area contributed by atoms with Crippen LogP contribution in [0.5, 0.6) is 0 Å². The maximum Gasteiger partial charge on any atom is 0.252 e. The molecule has 0 fully saturated rings. The van der Waals surface area contributed by atoms with Crippen LogP contribution in [0.4, 0.5) is 4.39 Å². The highest BCUT2D eigenvalue weighted by Gasteiger charge is 2.13. The van der Waals surface area contributed by atoms with E-state index in [1.807, 2.05) is 26.0 Å². The number of hydrogen-bond donors (Lipinski definition) is 2. The van der Waals surface area contributed by atoms with Crippen LogP contribution >= 0.6 is 12.6 Å². The molecule has 0 spiro atoms. The summed E-state index contributed by atoms with van der Waals surface area (Å²) in [5.41, 5.74) is 2.36. The fourth-order valence-corrected chi connectivity index (χ4v) is 2.17. The predicted octanol–water partition coefficient (Wildman–Crippen LogP) is 3.91. The highest BCUT2D eigenvalue weighted by Crippen LogP contribution is 2.17. The van der Waals surface area contributed by atoms with Crippen molar-refractivity contribution in [2.45, 2.75) is 24.8 Å². The van der Waals surface area contributed by atoms with Gasteiger partial charge >= 0.3 is 0 Å². The summed E-state index contributed by atoms with van der Waals surface area (Å²) in [6, 6.07) is 11.4. The van der Waals surface area contributed by atoms with E-state index in [2.05, 4.69) is 17.9 Å². The van der Waals surface area contributed by atoms with E-state index in [1.54, 1.807) is 18.2 Å². The topological polar surface area (TPSA) is 29.1 Å². The number of nitrogens with one attached hydrogen (secondary N) is 1. The Morgan fingerprint density at radius 3 is 2.50 bits per heavy atom. The lowest BCUT2D eigenvalue weighted by molar-refractivity contribution is 0.0939. The van der Waals surface area contributed by atoms with Gasteiger partial charge in [-0.05, 0) is 49.2 Å². The van der Waals surface area contributed by atoms with Gasteiger partial charge in [0.2, 0.25) is 0 Å². The van der Waals surface area contributed by atoms with Crippen LogP contribution in [-0.4, -0.2) is 5.91 Å². The number of carbonyl (C=O) groups excluding carboxylic acids is 1. The second kappa shape index (κ2) is 6.09. The SMILES string of the molecule is Cc1ccc(S)cc1C(=O)NC(C)c1ccc(F)cc1. The van der Waals surface area contributed by atoms with E-state index in [9.17, 15) is 9.18 Å². The number of hydrogen-bond acceptors (Lipinski definition) is 2. The molecule has 0 radical (unpaired) electrons. The lowest BCUT2D eigenvalue weighted by atomic mass is 10.1. The van der Waals surface area contributed by atoms with E-state index in [1.165, 1.54) is 12.1 Å². The molecule has 0 aliphatic heterocycles. The summed E-state index contributed by atoms with van der Waals surface area (Å²) < 4.78 is 12.9. The second-order valence-corrected chi connectivity index (χ2v) is 5.26. The first-order valence-corrected chi connectivity index (χ1v) is 6.78. The van der Waals surface area contributed by atoms with Gasteiger partial charge in [0.05, 0.1) is 6.04 Å². The van der Waals surface area contributed by atoms with E-state index in [4.69, 9.17) is 0 Å². The highest BCUT2D eigenvalue weighted by molar-refractivity contribution is 7.80. The Balaban J connectivity index is 2.15. The lowest BCUT2D eigenvalue weighted by Crippen LogP contribution is -2.27. The van der Waals surface area contributed by atoms with Gasteiger partial charge in [-0.15, -0.1) is 12.6 Å². The quantitative estimate of drug-likeness (QED) is 0.824. The van der Waals surface area contributed by atoms with E-state index in [0.717, 1.165) is 16.0 Å². The van der Waals surface area contributed by atoms with Crippen molar-refractivity contribution in [2.24, 2.45) is 0 Å². The van der Waals surface area contributed by atoms with Crippen LogP contribution in [-0.2, 0) is 0 Å². The van der Waals surface area contributed by atoms with Crippen LogP contribution in [0.25, 0.3) is 0 Å². The van der Waals surface area contributed by atoms with Crippen LogP contribution < -0.4 is 5.32 Å². The third kappa shape index (κ3) is 3.39. The molecule has 1 unspecified atom stereocenters. The Kier molecular flexibility index (Phi) is 4.45. The lowest BCUT2D eigenvalue weighted by Gasteiger charge is -2.15. The molecule has 2 aromatic carbocycles. The average Bonchev–Trinajstić information content (AvgIpc) is 2.42. The van der Waals surface area contributed by atoms with Crippen molar-refractivity contribution in [1.29, 1.82) is 0 Å². The van der Waals surface area contributed by atoms with Gasteiger partial charge < -0.3 is 5.32 Å². The molecule has 1 N–H and O–H groups in total. The first-order valence-electron chi connectivity index (χ1n) is 6.33. The number of carbonyl (C=O) groups is 1. The summed E-state index contributed by atoms with van der Waals surface area (Å²) in [5.74, 6) is -0.443. The van der Waals surface area contributed by atoms with Gasteiger partial charge in [0.15, 0.2) is 0 Å². The van der Waals surface area contributed by atoms with Crippen molar-refractivity contribution < 1.29 is 9.18 Å². The molecule has 0 bridgehead atoms. The molecule has 2 nitrogen and oxygen atoms in total. The predicted molar refractivity (Wildman–Crippen MR) is 80.7 cm³/mol. The van der Waals surface area contributed by atoms with Crippen LogP contribution in [0.2, 0.25) is 0 Å². The van der Waals surface area contributed by atoms with Gasteiger partial charge in [0.25, 0.3) is 5.91 Å². The minimum absolute atomic E-state index is 0.157. The summed E-state index contributed by atoms with van der Waals surface area (Å²) in [4.78, 5) is 13.0. The molecular formula is C16H16FNOS. The van der Waals surface area contributed by atoms with Crippen LogP contribution in [0.15, 0.2) is 47.4 Å². The number of rotatable bonds is 3. The summed E-state index contributed by atoms with van der Waals surface area (Å²) >= 11 is 4.25. The van der Waals surface area contributed by atoms with Crippen molar-refractivity contribution in [2.75, 3.05) is 0 Å². The number of halogens is 1. The number of benzene rings is 2. The molecule has 20 heavy (non-hydrogen) atoms. The fourth-order valence-electron chi connectivity index (χ4n) is 1.96. The molecule has 1 atom stereocenters. The Morgan fingerprint density at radius 2 is 1.85 bits per heavy atom. The first-order chi connectivity index (χ1) is 9.47. The van der Waals surface area contributed by atoms with Crippen molar-refractivity contribution >= 4 is 18.5 Å². The molecule has 1 amide bonds. The van der Waals surface area contributed by atoms with E-state index >= 15 is 0 Å². The van der Waals surface area contributed by atoms with E-state index < -0.39 is 0 Å². The van der Waals surface area contributed by atoms with E-state index in [-0.39, 0.29) is 17.8 Å².